The van der Waals surface area contributed by atoms with Gasteiger partial charge in [0.15, 0.2) is 0 Å². The molecule has 7 heteroatoms. The van der Waals surface area contributed by atoms with Gasteiger partial charge in [-0.25, -0.2) is 9.59 Å². The molecule has 0 aliphatic carbocycles. The molecular formula is C22H30N2O5. The third kappa shape index (κ3) is 7.60. The summed E-state index contributed by atoms with van der Waals surface area (Å²) in [4.78, 5) is 37.2. The zero-order chi connectivity index (χ0) is 21.4. The Morgan fingerprint density at radius 1 is 1.17 bits per heavy atom. The molecule has 0 saturated heterocycles. The highest BCUT2D eigenvalue weighted by Gasteiger charge is 2.30. The molecule has 0 saturated carbocycles. The molecule has 3 atom stereocenters. The van der Waals surface area contributed by atoms with E-state index >= 15 is 0 Å². The van der Waals surface area contributed by atoms with Crippen LogP contribution in [0.1, 0.15) is 58.6 Å². The van der Waals surface area contributed by atoms with Gasteiger partial charge >= 0.3 is 12.1 Å². The van der Waals surface area contributed by atoms with Crippen LogP contribution < -0.4 is 10.6 Å². The number of amides is 2. The average molecular weight is 402 g/mol. The summed E-state index contributed by atoms with van der Waals surface area (Å²) in [7, 11) is 0. The molecule has 1 aliphatic heterocycles. The predicted molar refractivity (Wildman–Crippen MR) is 109 cm³/mol. The minimum atomic E-state index is -0.880. The Morgan fingerprint density at radius 3 is 2.52 bits per heavy atom. The van der Waals surface area contributed by atoms with E-state index in [2.05, 4.69) is 10.6 Å². The molecule has 0 fully saturated rings. The van der Waals surface area contributed by atoms with E-state index in [-0.39, 0.29) is 12.3 Å². The standard InChI is InChI=1S/C22H30N2O5/c1-15-19(16-11-7-5-8-12-16)24-18(25)14-10-6-9-13-17(20(26)28-15)23-21(27)29-22(2,3)4/h5-9,11-12,15,17,19H,10,13-14H2,1-4H3,(H,23,27)(H,24,25)/b9-6-/t15-,17-,19+/m1/s1. The molecule has 1 heterocycles. The lowest BCUT2D eigenvalue weighted by atomic mass is 10.0. The normalized spacial score (nSPS) is 24.9. The number of alkyl carbamates (subject to hydrolysis) is 1. The Balaban J connectivity index is 2.20. The second-order valence-electron chi connectivity index (χ2n) is 8.04. The maximum atomic E-state index is 12.8. The zero-order valence-corrected chi connectivity index (χ0v) is 17.4. The molecule has 1 aromatic rings. The summed E-state index contributed by atoms with van der Waals surface area (Å²) >= 11 is 0. The summed E-state index contributed by atoms with van der Waals surface area (Å²) in [6, 6.07) is 7.98. The molecule has 2 amide bonds. The fraction of sp³-hybridized carbons (Fsp3) is 0.500. The summed E-state index contributed by atoms with van der Waals surface area (Å²) in [5, 5.41) is 5.53. The molecule has 158 valence electrons. The van der Waals surface area contributed by atoms with Crippen molar-refractivity contribution in [2.24, 2.45) is 0 Å². The number of rotatable bonds is 2. The maximum absolute atomic E-state index is 12.8. The van der Waals surface area contributed by atoms with Crippen molar-refractivity contribution in [1.29, 1.82) is 0 Å². The van der Waals surface area contributed by atoms with Crippen molar-refractivity contribution in [2.45, 2.75) is 70.7 Å². The van der Waals surface area contributed by atoms with Crippen molar-refractivity contribution in [3.05, 3.63) is 48.0 Å². The summed E-state index contributed by atoms with van der Waals surface area (Å²) in [5.74, 6) is -0.695. The molecule has 1 aliphatic rings. The number of esters is 1. The number of carbonyl (C=O) groups is 3. The van der Waals surface area contributed by atoms with Gasteiger partial charge in [0.1, 0.15) is 17.7 Å². The van der Waals surface area contributed by atoms with Crippen molar-refractivity contribution in [3.8, 4) is 0 Å². The number of hydrogen-bond donors (Lipinski definition) is 2. The lowest BCUT2D eigenvalue weighted by Crippen LogP contribution is -2.46. The summed E-state index contributed by atoms with van der Waals surface area (Å²) in [5.41, 5.74) is 0.163. The first-order valence-electron chi connectivity index (χ1n) is 9.85. The lowest BCUT2D eigenvalue weighted by Gasteiger charge is -2.28. The fourth-order valence-corrected chi connectivity index (χ4v) is 2.94. The van der Waals surface area contributed by atoms with Crippen molar-refractivity contribution in [2.75, 3.05) is 0 Å². The Bertz CT molecular complexity index is 739. The molecule has 0 unspecified atom stereocenters. The first kappa shape index (κ1) is 22.5. The second-order valence-corrected chi connectivity index (χ2v) is 8.04. The minimum Gasteiger partial charge on any atom is -0.459 e. The molecule has 0 spiro atoms. The predicted octanol–water partition coefficient (Wildman–Crippen LogP) is 3.41. The first-order chi connectivity index (χ1) is 13.7. The number of ether oxygens (including phenoxy) is 2. The molecule has 0 radical (unpaired) electrons. The minimum absolute atomic E-state index is 0.115. The van der Waals surface area contributed by atoms with Crippen molar-refractivity contribution < 1.29 is 23.9 Å². The van der Waals surface area contributed by atoms with Crippen molar-refractivity contribution >= 4 is 18.0 Å². The quantitative estimate of drug-likeness (QED) is 0.584. The SMILES string of the molecule is C[C@H]1OC(=O)[C@H](NC(=O)OC(C)(C)C)C/C=C\CCC(=O)N[C@@H]1c1ccccc1. The highest BCUT2D eigenvalue weighted by Crippen LogP contribution is 2.21. The molecule has 1 aromatic carbocycles. The van der Waals surface area contributed by atoms with Crippen LogP contribution in [-0.4, -0.2) is 35.7 Å². The van der Waals surface area contributed by atoms with Crippen LogP contribution >= 0.6 is 0 Å². The maximum Gasteiger partial charge on any atom is 0.408 e. The molecule has 2 N–H and O–H groups in total. The number of nitrogens with one attached hydrogen (secondary N) is 2. The van der Waals surface area contributed by atoms with E-state index in [1.165, 1.54) is 0 Å². The molecule has 0 bridgehead atoms. The van der Waals surface area contributed by atoms with Gasteiger partial charge in [-0.1, -0.05) is 42.5 Å². The van der Waals surface area contributed by atoms with E-state index in [1.807, 2.05) is 36.4 Å². The highest BCUT2D eigenvalue weighted by molar-refractivity contribution is 5.82. The van der Waals surface area contributed by atoms with Gasteiger partial charge < -0.3 is 20.1 Å². The van der Waals surface area contributed by atoms with Gasteiger partial charge in [-0.2, -0.15) is 0 Å². The monoisotopic (exact) mass is 402 g/mol. The van der Waals surface area contributed by atoms with Crippen LogP contribution in [0.3, 0.4) is 0 Å². The zero-order valence-electron chi connectivity index (χ0n) is 17.4. The lowest BCUT2D eigenvalue weighted by molar-refractivity contribution is -0.153. The van der Waals surface area contributed by atoms with E-state index in [4.69, 9.17) is 9.47 Å². The molecule has 0 aromatic heterocycles. The van der Waals surface area contributed by atoms with Crippen LogP contribution in [0.2, 0.25) is 0 Å². The van der Waals surface area contributed by atoms with Crippen LogP contribution in [0, 0.1) is 0 Å². The molecule has 2 rings (SSSR count). The highest BCUT2D eigenvalue weighted by atomic mass is 16.6. The summed E-state index contributed by atoms with van der Waals surface area (Å²) in [6.07, 6.45) is 3.39. The van der Waals surface area contributed by atoms with Crippen molar-refractivity contribution in [3.63, 3.8) is 0 Å². The Labute approximate surface area is 171 Å². The van der Waals surface area contributed by atoms with E-state index in [9.17, 15) is 14.4 Å². The van der Waals surface area contributed by atoms with Gasteiger partial charge in [-0.05, 0) is 46.1 Å². The van der Waals surface area contributed by atoms with Gasteiger partial charge in [0.25, 0.3) is 0 Å². The van der Waals surface area contributed by atoms with Crippen LogP contribution in [0.25, 0.3) is 0 Å². The van der Waals surface area contributed by atoms with Crippen LogP contribution in [0.4, 0.5) is 4.79 Å². The van der Waals surface area contributed by atoms with E-state index in [0.717, 1.165) is 5.56 Å². The van der Waals surface area contributed by atoms with Crippen molar-refractivity contribution in [1.82, 2.24) is 10.6 Å². The van der Waals surface area contributed by atoms with Gasteiger partial charge in [-0.3, -0.25) is 4.79 Å². The topological polar surface area (TPSA) is 93.7 Å². The van der Waals surface area contributed by atoms with E-state index in [0.29, 0.717) is 12.8 Å². The third-order valence-corrected chi connectivity index (χ3v) is 4.30. The molecule has 29 heavy (non-hydrogen) atoms. The van der Waals surface area contributed by atoms with Gasteiger partial charge in [0.05, 0.1) is 6.04 Å². The fourth-order valence-electron chi connectivity index (χ4n) is 2.94. The van der Waals surface area contributed by atoms with Gasteiger partial charge in [0, 0.05) is 6.42 Å². The Hall–Kier alpha value is -2.83. The van der Waals surface area contributed by atoms with Gasteiger partial charge in [0.2, 0.25) is 5.91 Å². The molecule has 7 nitrogen and oxygen atoms in total. The smallest absolute Gasteiger partial charge is 0.408 e. The Kier molecular flexibility index (Phi) is 7.82. The third-order valence-electron chi connectivity index (χ3n) is 4.30. The summed E-state index contributed by atoms with van der Waals surface area (Å²) in [6.45, 7) is 6.98. The second kappa shape index (κ2) is 10.1. The van der Waals surface area contributed by atoms with E-state index in [1.54, 1.807) is 33.8 Å². The molecular weight excluding hydrogens is 372 g/mol. The number of carbonyl (C=O) groups excluding carboxylic acids is 3. The number of cyclic esters (lactones) is 1. The first-order valence-corrected chi connectivity index (χ1v) is 9.85. The average Bonchev–Trinajstić information content (AvgIpc) is 2.63. The van der Waals surface area contributed by atoms with Gasteiger partial charge in [-0.15, -0.1) is 0 Å². The number of benzene rings is 1. The number of allylic oxidation sites excluding steroid dienone is 1. The Morgan fingerprint density at radius 2 is 1.86 bits per heavy atom. The van der Waals surface area contributed by atoms with Crippen LogP contribution in [0.5, 0.6) is 0 Å². The van der Waals surface area contributed by atoms with Crippen LogP contribution in [0.15, 0.2) is 42.5 Å². The summed E-state index contributed by atoms with van der Waals surface area (Å²) < 4.78 is 10.9. The number of hydrogen-bond acceptors (Lipinski definition) is 5. The van der Waals surface area contributed by atoms with E-state index < -0.39 is 35.9 Å². The largest absolute Gasteiger partial charge is 0.459 e. The van der Waals surface area contributed by atoms with Crippen LogP contribution in [-0.2, 0) is 19.1 Å².